The molecule has 1 N–H and O–H groups in total. The molecule has 1 fully saturated rings. The van der Waals surface area contributed by atoms with Gasteiger partial charge in [0.1, 0.15) is 12.4 Å². The Bertz CT molecular complexity index is 828. The number of rotatable bonds is 4. The van der Waals surface area contributed by atoms with Crippen LogP contribution in [-0.2, 0) is 4.74 Å². The van der Waals surface area contributed by atoms with Crippen LogP contribution in [0.4, 0.5) is 14.9 Å². The van der Waals surface area contributed by atoms with Crippen molar-refractivity contribution in [2.45, 2.75) is 13.0 Å². The molecule has 1 saturated heterocycles. The first kappa shape index (κ1) is 17.2. The van der Waals surface area contributed by atoms with E-state index in [2.05, 4.69) is 5.32 Å². The third kappa shape index (κ3) is 3.74. The molecule has 25 heavy (non-hydrogen) atoms. The zero-order valence-electron chi connectivity index (χ0n) is 13.5. The predicted octanol–water partition coefficient (Wildman–Crippen LogP) is 3.93. The Morgan fingerprint density at radius 1 is 1.32 bits per heavy atom. The van der Waals surface area contributed by atoms with E-state index in [9.17, 15) is 14.0 Å². The van der Waals surface area contributed by atoms with E-state index < -0.39 is 11.7 Å². The number of carbonyl (C=O) groups is 2. The minimum Gasteiger partial charge on any atom is -0.447 e. The fourth-order valence-electron chi connectivity index (χ4n) is 2.62. The van der Waals surface area contributed by atoms with Crippen molar-refractivity contribution in [3.8, 4) is 0 Å². The van der Waals surface area contributed by atoms with Crippen molar-refractivity contribution in [2.24, 2.45) is 0 Å². The number of hydrogen-bond acceptors (Lipinski definition) is 3. The van der Waals surface area contributed by atoms with Crippen LogP contribution in [0.3, 0.4) is 0 Å². The monoisotopic (exact) mass is 362 g/mol. The van der Waals surface area contributed by atoms with Gasteiger partial charge >= 0.3 is 6.09 Å². The van der Waals surface area contributed by atoms with Gasteiger partial charge in [0.25, 0.3) is 5.91 Å². The summed E-state index contributed by atoms with van der Waals surface area (Å²) in [5.41, 5.74) is 1.74. The van der Waals surface area contributed by atoms with Crippen molar-refractivity contribution in [1.82, 2.24) is 5.32 Å². The number of nitrogens with one attached hydrogen (secondary N) is 1. The molecule has 7 heteroatoms. The molecule has 0 aliphatic carbocycles. The molecule has 5 nitrogen and oxygen atoms in total. The molecule has 1 unspecified atom stereocenters. The lowest BCUT2D eigenvalue weighted by Gasteiger charge is -2.18. The first-order valence-corrected chi connectivity index (χ1v) is 8.13. The van der Waals surface area contributed by atoms with Gasteiger partial charge < -0.3 is 10.1 Å². The number of halogens is 2. The number of cyclic esters (lactones) is 1. The molecule has 1 aliphatic rings. The highest BCUT2D eigenvalue weighted by Crippen LogP contribution is 2.24. The molecule has 2 aromatic carbocycles. The molecule has 0 saturated carbocycles. The second kappa shape index (κ2) is 7.11. The van der Waals surface area contributed by atoms with E-state index in [0.717, 1.165) is 11.6 Å². The van der Waals surface area contributed by atoms with Gasteiger partial charge in [0.15, 0.2) is 0 Å². The van der Waals surface area contributed by atoms with Gasteiger partial charge in [-0.05, 0) is 42.8 Å². The first-order chi connectivity index (χ1) is 12.0. The van der Waals surface area contributed by atoms with Crippen molar-refractivity contribution < 1.29 is 18.7 Å². The standard InChI is InChI=1S/C18H16ClFN2O3/c1-11(21-17(23)15-6-5-13(20)10-16(15)19)12-3-2-4-14(9-12)22-7-8-25-18(22)24/h2-6,9-11H,7-8H2,1H3,(H,21,23). The number of anilines is 1. The summed E-state index contributed by atoms with van der Waals surface area (Å²) in [6.07, 6.45) is -0.382. The number of nitrogens with zero attached hydrogens (tertiary/aromatic N) is 1. The molecule has 1 aliphatic heterocycles. The van der Waals surface area contributed by atoms with Crippen molar-refractivity contribution in [2.75, 3.05) is 18.1 Å². The van der Waals surface area contributed by atoms with Crippen LogP contribution in [0.25, 0.3) is 0 Å². The van der Waals surface area contributed by atoms with Crippen molar-refractivity contribution in [3.63, 3.8) is 0 Å². The minimum absolute atomic E-state index is 0.0539. The van der Waals surface area contributed by atoms with Gasteiger partial charge in [0, 0.05) is 5.69 Å². The fourth-order valence-corrected chi connectivity index (χ4v) is 2.87. The van der Waals surface area contributed by atoms with E-state index >= 15 is 0 Å². The van der Waals surface area contributed by atoms with Gasteiger partial charge in [-0.25, -0.2) is 9.18 Å². The van der Waals surface area contributed by atoms with Crippen molar-refractivity contribution in [3.05, 3.63) is 64.4 Å². The van der Waals surface area contributed by atoms with Gasteiger partial charge in [-0.15, -0.1) is 0 Å². The van der Waals surface area contributed by atoms with Crippen LogP contribution in [0.1, 0.15) is 28.9 Å². The Kier molecular flexibility index (Phi) is 4.90. The number of ether oxygens (including phenoxy) is 1. The molecule has 0 radical (unpaired) electrons. The topological polar surface area (TPSA) is 58.6 Å². The normalized spacial score (nSPS) is 15.0. The number of benzene rings is 2. The van der Waals surface area contributed by atoms with Crippen LogP contribution in [0.15, 0.2) is 42.5 Å². The van der Waals surface area contributed by atoms with Gasteiger partial charge in [0.2, 0.25) is 0 Å². The zero-order chi connectivity index (χ0) is 18.0. The summed E-state index contributed by atoms with van der Waals surface area (Å²) in [6.45, 7) is 2.67. The average molecular weight is 363 g/mol. The van der Waals surface area contributed by atoms with Crippen LogP contribution in [0.2, 0.25) is 5.02 Å². The van der Waals surface area contributed by atoms with E-state index in [-0.39, 0.29) is 22.7 Å². The molecule has 2 aromatic rings. The summed E-state index contributed by atoms with van der Waals surface area (Å²) in [5, 5.41) is 2.88. The molecule has 0 aromatic heterocycles. The van der Waals surface area contributed by atoms with Crippen LogP contribution < -0.4 is 10.2 Å². The zero-order valence-corrected chi connectivity index (χ0v) is 14.2. The third-order valence-corrected chi connectivity index (χ3v) is 4.28. The number of amides is 2. The molecule has 0 spiro atoms. The van der Waals surface area contributed by atoms with E-state index in [1.54, 1.807) is 0 Å². The van der Waals surface area contributed by atoms with E-state index in [1.807, 2.05) is 31.2 Å². The van der Waals surface area contributed by atoms with Gasteiger partial charge in [-0.3, -0.25) is 9.69 Å². The third-order valence-electron chi connectivity index (χ3n) is 3.97. The highest BCUT2D eigenvalue weighted by atomic mass is 35.5. The summed E-state index contributed by atoms with van der Waals surface area (Å²) in [7, 11) is 0. The number of hydrogen-bond donors (Lipinski definition) is 1. The largest absolute Gasteiger partial charge is 0.447 e. The van der Waals surface area contributed by atoms with Crippen molar-refractivity contribution in [1.29, 1.82) is 0 Å². The lowest BCUT2D eigenvalue weighted by atomic mass is 10.1. The average Bonchev–Trinajstić information content (AvgIpc) is 3.01. The molecule has 130 valence electrons. The second-order valence-electron chi connectivity index (χ2n) is 5.68. The van der Waals surface area contributed by atoms with Crippen LogP contribution >= 0.6 is 11.6 Å². The Morgan fingerprint density at radius 2 is 2.12 bits per heavy atom. The van der Waals surface area contributed by atoms with E-state index in [0.29, 0.717) is 18.8 Å². The molecule has 2 amide bonds. The van der Waals surface area contributed by atoms with Crippen molar-refractivity contribution >= 4 is 29.3 Å². The molecule has 1 heterocycles. The maximum atomic E-state index is 13.1. The highest BCUT2D eigenvalue weighted by Gasteiger charge is 2.24. The molecule has 3 rings (SSSR count). The summed E-state index contributed by atoms with van der Waals surface area (Å²) < 4.78 is 18.0. The van der Waals surface area contributed by atoms with Gasteiger partial charge in [-0.2, -0.15) is 0 Å². The quantitative estimate of drug-likeness (QED) is 0.896. The van der Waals surface area contributed by atoms with Crippen LogP contribution in [0, 0.1) is 5.82 Å². The SMILES string of the molecule is CC(NC(=O)c1ccc(F)cc1Cl)c1cccc(N2CCOC2=O)c1. The highest BCUT2D eigenvalue weighted by molar-refractivity contribution is 6.33. The van der Waals surface area contributed by atoms with Gasteiger partial charge in [-0.1, -0.05) is 23.7 Å². The Hall–Kier alpha value is -2.60. The second-order valence-corrected chi connectivity index (χ2v) is 6.09. The molecule has 0 bridgehead atoms. The summed E-state index contributed by atoms with van der Waals surface area (Å²) in [5.74, 6) is -0.900. The van der Waals surface area contributed by atoms with Crippen LogP contribution in [-0.4, -0.2) is 25.2 Å². The Labute approximate surface area is 149 Å². The summed E-state index contributed by atoms with van der Waals surface area (Å²) >= 11 is 5.92. The Balaban J connectivity index is 1.75. The van der Waals surface area contributed by atoms with E-state index in [4.69, 9.17) is 16.3 Å². The van der Waals surface area contributed by atoms with E-state index in [1.165, 1.54) is 17.0 Å². The lowest BCUT2D eigenvalue weighted by molar-refractivity contribution is 0.0940. The Morgan fingerprint density at radius 3 is 2.80 bits per heavy atom. The predicted molar refractivity (Wildman–Crippen MR) is 92.4 cm³/mol. The summed E-state index contributed by atoms with van der Waals surface area (Å²) in [4.78, 5) is 25.6. The lowest BCUT2D eigenvalue weighted by Crippen LogP contribution is -2.27. The molecular formula is C18H16ClFN2O3. The van der Waals surface area contributed by atoms with Crippen LogP contribution in [0.5, 0.6) is 0 Å². The first-order valence-electron chi connectivity index (χ1n) is 7.76. The maximum absolute atomic E-state index is 13.1. The molecular weight excluding hydrogens is 347 g/mol. The smallest absolute Gasteiger partial charge is 0.414 e. The van der Waals surface area contributed by atoms with Gasteiger partial charge in [0.05, 0.1) is 23.2 Å². The summed E-state index contributed by atoms with van der Waals surface area (Å²) in [6, 6.07) is 10.6. The fraction of sp³-hybridized carbons (Fsp3) is 0.222. The minimum atomic E-state index is -0.500. The number of carbonyl (C=O) groups excluding carboxylic acids is 2. The molecule has 1 atom stereocenters. The maximum Gasteiger partial charge on any atom is 0.414 e.